The maximum atomic E-state index is 11.1. The van der Waals surface area contributed by atoms with Gasteiger partial charge in [0.05, 0.1) is 7.11 Å². The fourth-order valence-corrected chi connectivity index (χ4v) is 1.81. The molecule has 72 valence electrons. The van der Waals surface area contributed by atoms with Crippen molar-refractivity contribution in [1.29, 1.82) is 0 Å². The second-order valence-electron chi connectivity index (χ2n) is 3.35. The molecule has 0 heterocycles. The summed E-state index contributed by atoms with van der Waals surface area (Å²) in [6.45, 7) is 0. The molecule has 0 saturated heterocycles. The highest BCUT2D eigenvalue weighted by molar-refractivity contribution is 5.92. The van der Waals surface area contributed by atoms with Gasteiger partial charge in [0.25, 0.3) is 0 Å². The number of aryl methyl sites for hydroxylation is 1. The summed E-state index contributed by atoms with van der Waals surface area (Å²) in [5, 5.41) is 0. The maximum absolute atomic E-state index is 11.1. The lowest BCUT2D eigenvalue weighted by Crippen LogP contribution is -1.95. The molecule has 0 spiro atoms. The van der Waals surface area contributed by atoms with Gasteiger partial charge in [-0.05, 0) is 29.5 Å². The van der Waals surface area contributed by atoms with Gasteiger partial charge in [0, 0.05) is 6.08 Å². The van der Waals surface area contributed by atoms with Crippen LogP contribution in [0.5, 0.6) is 0 Å². The minimum atomic E-state index is -0.267. The van der Waals surface area contributed by atoms with Crippen molar-refractivity contribution in [3.8, 4) is 0 Å². The number of esters is 1. The van der Waals surface area contributed by atoms with Gasteiger partial charge in [-0.3, -0.25) is 0 Å². The first kappa shape index (κ1) is 9.00. The molecule has 2 rings (SSSR count). The van der Waals surface area contributed by atoms with E-state index in [1.54, 1.807) is 6.08 Å². The molecule has 14 heavy (non-hydrogen) atoms. The lowest BCUT2D eigenvalue weighted by atomic mass is 10.1. The van der Waals surface area contributed by atoms with E-state index in [0.717, 1.165) is 18.4 Å². The van der Waals surface area contributed by atoms with E-state index in [2.05, 4.69) is 16.9 Å². The van der Waals surface area contributed by atoms with Crippen LogP contribution in [0.15, 0.2) is 30.3 Å². The van der Waals surface area contributed by atoms with Gasteiger partial charge in [0.15, 0.2) is 0 Å². The Morgan fingerprint density at radius 3 is 2.93 bits per heavy atom. The van der Waals surface area contributed by atoms with Gasteiger partial charge in [-0.1, -0.05) is 24.3 Å². The summed E-state index contributed by atoms with van der Waals surface area (Å²) >= 11 is 0. The largest absolute Gasteiger partial charge is 0.466 e. The monoisotopic (exact) mass is 188 g/mol. The summed E-state index contributed by atoms with van der Waals surface area (Å²) in [4.78, 5) is 11.1. The number of carbonyl (C=O) groups excluding carboxylic acids is 1. The molecule has 0 aliphatic heterocycles. The molecule has 2 nitrogen and oxygen atoms in total. The van der Waals surface area contributed by atoms with Gasteiger partial charge >= 0.3 is 5.97 Å². The van der Waals surface area contributed by atoms with Crippen molar-refractivity contribution >= 4 is 11.5 Å². The molecule has 0 saturated carbocycles. The second kappa shape index (κ2) is 3.66. The molecule has 0 radical (unpaired) electrons. The molecular formula is C12H12O2. The van der Waals surface area contributed by atoms with Gasteiger partial charge in [0.1, 0.15) is 0 Å². The summed E-state index contributed by atoms with van der Waals surface area (Å²) in [7, 11) is 1.40. The molecular weight excluding hydrogens is 176 g/mol. The van der Waals surface area contributed by atoms with Crippen molar-refractivity contribution in [1.82, 2.24) is 0 Å². The number of hydrogen-bond donors (Lipinski definition) is 0. The quantitative estimate of drug-likeness (QED) is 0.499. The third kappa shape index (κ3) is 1.55. The topological polar surface area (TPSA) is 26.3 Å². The van der Waals surface area contributed by atoms with Crippen molar-refractivity contribution in [2.24, 2.45) is 0 Å². The highest BCUT2D eigenvalue weighted by Gasteiger charge is 2.15. The zero-order valence-corrected chi connectivity index (χ0v) is 8.12. The number of hydrogen-bond acceptors (Lipinski definition) is 2. The Morgan fingerprint density at radius 2 is 2.14 bits per heavy atom. The zero-order chi connectivity index (χ0) is 9.97. The Kier molecular flexibility index (Phi) is 2.35. The lowest BCUT2D eigenvalue weighted by Gasteiger charge is -1.99. The highest BCUT2D eigenvalue weighted by atomic mass is 16.5. The predicted molar refractivity (Wildman–Crippen MR) is 54.8 cm³/mol. The van der Waals surface area contributed by atoms with Crippen LogP contribution in [0.25, 0.3) is 5.57 Å². The fraction of sp³-hybridized carbons (Fsp3) is 0.250. The standard InChI is InChI=1S/C12H12O2/c1-14-12(13)8-10-7-6-9-4-2-3-5-11(9)10/h2-5,8H,6-7H2,1H3. The average molecular weight is 188 g/mol. The molecule has 0 fully saturated rings. The molecule has 0 amide bonds. The van der Waals surface area contributed by atoms with Crippen LogP contribution in [0.1, 0.15) is 17.5 Å². The first-order valence-corrected chi connectivity index (χ1v) is 4.68. The fourth-order valence-electron chi connectivity index (χ4n) is 1.81. The van der Waals surface area contributed by atoms with E-state index in [-0.39, 0.29) is 5.97 Å². The van der Waals surface area contributed by atoms with Gasteiger partial charge in [0.2, 0.25) is 0 Å². The number of rotatable bonds is 1. The Labute approximate surface area is 83.2 Å². The number of fused-ring (bicyclic) bond motifs is 1. The van der Waals surface area contributed by atoms with Crippen molar-refractivity contribution in [3.05, 3.63) is 41.5 Å². The number of ether oxygens (including phenoxy) is 1. The minimum absolute atomic E-state index is 0.267. The van der Waals surface area contributed by atoms with E-state index in [0.29, 0.717) is 0 Å². The third-order valence-electron chi connectivity index (χ3n) is 2.52. The molecule has 2 heteroatoms. The van der Waals surface area contributed by atoms with Gasteiger partial charge in [-0.15, -0.1) is 0 Å². The first-order valence-electron chi connectivity index (χ1n) is 4.68. The number of methoxy groups -OCH3 is 1. The number of carbonyl (C=O) groups is 1. The van der Waals surface area contributed by atoms with Crippen LogP contribution in [0.3, 0.4) is 0 Å². The Bertz CT molecular complexity index is 391. The van der Waals surface area contributed by atoms with Crippen LogP contribution in [0.2, 0.25) is 0 Å². The van der Waals surface area contributed by atoms with E-state index in [9.17, 15) is 4.79 Å². The molecule has 0 atom stereocenters. The third-order valence-corrected chi connectivity index (χ3v) is 2.52. The number of benzene rings is 1. The smallest absolute Gasteiger partial charge is 0.330 e. The van der Waals surface area contributed by atoms with Crippen molar-refractivity contribution in [2.45, 2.75) is 12.8 Å². The van der Waals surface area contributed by atoms with Crippen LogP contribution in [0.4, 0.5) is 0 Å². The van der Waals surface area contributed by atoms with Crippen LogP contribution < -0.4 is 0 Å². The molecule has 1 aliphatic carbocycles. The molecule has 0 N–H and O–H groups in total. The summed E-state index contributed by atoms with van der Waals surface area (Å²) in [5.74, 6) is -0.267. The summed E-state index contributed by atoms with van der Waals surface area (Å²) < 4.78 is 4.61. The number of allylic oxidation sites excluding steroid dienone is 1. The predicted octanol–water partition coefficient (Wildman–Crippen LogP) is 2.19. The van der Waals surface area contributed by atoms with Crippen LogP contribution >= 0.6 is 0 Å². The molecule has 0 unspecified atom stereocenters. The van der Waals surface area contributed by atoms with Gasteiger partial charge in [-0.2, -0.15) is 0 Å². The van der Waals surface area contributed by atoms with Crippen LogP contribution in [0, 0.1) is 0 Å². The Balaban J connectivity index is 2.35. The maximum Gasteiger partial charge on any atom is 0.330 e. The minimum Gasteiger partial charge on any atom is -0.466 e. The SMILES string of the molecule is COC(=O)C=C1CCc2ccccc21. The van der Waals surface area contributed by atoms with E-state index < -0.39 is 0 Å². The summed E-state index contributed by atoms with van der Waals surface area (Å²) in [5.41, 5.74) is 3.60. The normalized spacial score (nSPS) is 16.8. The summed E-state index contributed by atoms with van der Waals surface area (Å²) in [6.07, 6.45) is 3.55. The van der Waals surface area contributed by atoms with E-state index in [1.165, 1.54) is 18.2 Å². The molecule has 0 bridgehead atoms. The lowest BCUT2D eigenvalue weighted by molar-refractivity contribution is -0.134. The molecule has 1 aromatic rings. The summed E-state index contributed by atoms with van der Waals surface area (Å²) in [6, 6.07) is 8.18. The Morgan fingerprint density at radius 1 is 1.36 bits per heavy atom. The van der Waals surface area contributed by atoms with Crippen molar-refractivity contribution in [3.63, 3.8) is 0 Å². The van der Waals surface area contributed by atoms with E-state index >= 15 is 0 Å². The Hall–Kier alpha value is -1.57. The van der Waals surface area contributed by atoms with E-state index in [4.69, 9.17) is 0 Å². The molecule has 1 aliphatic rings. The van der Waals surface area contributed by atoms with Crippen LogP contribution in [-0.2, 0) is 16.0 Å². The molecule has 1 aromatic carbocycles. The van der Waals surface area contributed by atoms with Gasteiger partial charge in [-0.25, -0.2) is 4.79 Å². The van der Waals surface area contributed by atoms with Gasteiger partial charge < -0.3 is 4.74 Å². The average Bonchev–Trinajstić information content (AvgIpc) is 2.62. The molecule has 0 aromatic heterocycles. The van der Waals surface area contributed by atoms with E-state index in [1.807, 2.05) is 12.1 Å². The van der Waals surface area contributed by atoms with Crippen molar-refractivity contribution < 1.29 is 9.53 Å². The highest BCUT2D eigenvalue weighted by Crippen LogP contribution is 2.31. The van der Waals surface area contributed by atoms with Crippen LogP contribution in [-0.4, -0.2) is 13.1 Å². The first-order chi connectivity index (χ1) is 6.81. The zero-order valence-electron chi connectivity index (χ0n) is 8.12. The van der Waals surface area contributed by atoms with Crippen molar-refractivity contribution in [2.75, 3.05) is 7.11 Å². The second-order valence-corrected chi connectivity index (χ2v) is 3.35.